The van der Waals surface area contributed by atoms with E-state index in [1.165, 1.54) is 5.56 Å². The fraction of sp³-hybridized carbons (Fsp3) is 0.600. The molecule has 0 heterocycles. The van der Waals surface area contributed by atoms with E-state index in [9.17, 15) is 0 Å². The molecule has 3 heteroatoms. The average molecular weight is 250 g/mol. The number of nitrogen functional groups attached to an aromatic ring is 1. The zero-order valence-corrected chi connectivity index (χ0v) is 12.1. The number of benzene rings is 1. The Kier molecular flexibility index (Phi) is 5.63. The van der Waals surface area contributed by atoms with Crippen molar-refractivity contribution in [2.45, 2.75) is 26.2 Å². The molecule has 1 aromatic rings. The van der Waals surface area contributed by atoms with Gasteiger partial charge in [0.25, 0.3) is 0 Å². The smallest absolute Gasteiger partial charge is 0.0593 e. The minimum atomic E-state index is 0.120. The lowest BCUT2D eigenvalue weighted by Crippen LogP contribution is -2.36. The monoisotopic (exact) mass is 250 g/mol. The van der Waals surface area contributed by atoms with Crippen LogP contribution in [0.3, 0.4) is 0 Å². The van der Waals surface area contributed by atoms with Crippen LogP contribution in [-0.4, -0.2) is 38.3 Å². The summed E-state index contributed by atoms with van der Waals surface area (Å²) in [4.78, 5) is 2.31. The molecule has 1 rings (SSSR count). The quantitative estimate of drug-likeness (QED) is 0.597. The normalized spacial score (nSPS) is 12.1. The van der Waals surface area contributed by atoms with Gasteiger partial charge in [-0.15, -0.1) is 0 Å². The standard InChI is InChI=1S/C15H26N2O/c1-5-18-11-10-17(4)12-15(2,3)13-6-8-14(16)9-7-13/h6-9H,5,10-12,16H2,1-4H3. The van der Waals surface area contributed by atoms with E-state index in [1.807, 2.05) is 19.1 Å². The van der Waals surface area contributed by atoms with Crippen molar-refractivity contribution in [2.75, 3.05) is 39.1 Å². The van der Waals surface area contributed by atoms with Gasteiger partial charge in [0.1, 0.15) is 0 Å². The second kappa shape index (κ2) is 6.76. The van der Waals surface area contributed by atoms with Crippen molar-refractivity contribution in [1.82, 2.24) is 4.90 Å². The summed E-state index contributed by atoms with van der Waals surface area (Å²) in [6.45, 7) is 10.1. The molecule has 0 atom stereocenters. The van der Waals surface area contributed by atoms with Crippen molar-refractivity contribution in [3.63, 3.8) is 0 Å². The molecule has 0 radical (unpaired) electrons. The Morgan fingerprint density at radius 2 is 1.83 bits per heavy atom. The Morgan fingerprint density at radius 3 is 2.39 bits per heavy atom. The summed E-state index contributed by atoms with van der Waals surface area (Å²) in [5, 5.41) is 0. The molecular weight excluding hydrogens is 224 g/mol. The van der Waals surface area contributed by atoms with E-state index < -0.39 is 0 Å². The average Bonchev–Trinajstić information content (AvgIpc) is 2.29. The van der Waals surface area contributed by atoms with Crippen LogP contribution in [0.2, 0.25) is 0 Å². The summed E-state index contributed by atoms with van der Waals surface area (Å²) < 4.78 is 5.38. The summed E-state index contributed by atoms with van der Waals surface area (Å²) in [5.74, 6) is 0. The van der Waals surface area contributed by atoms with Gasteiger partial charge in [-0.2, -0.15) is 0 Å². The molecule has 0 aromatic heterocycles. The Morgan fingerprint density at radius 1 is 1.22 bits per heavy atom. The first-order valence-electron chi connectivity index (χ1n) is 6.58. The first kappa shape index (κ1) is 15.0. The van der Waals surface area contributed by atoms with Gasteiger partial charge in [-0.05, 0) is 31.7 Å². The molecule has 0 saturated heterocycles. The first-order valence-corrected chi connectivity index (χ1v) is 6.58. The predicted octanol–water partition coefficient (Wildman–Crippen LogP) is 2.51. The highest BCUT2D eigenvalue weighted by atomic mass is 16.5. The van der Waals surface area contributed by atoms with Crippen LogP contribution >= 0.6 is 0 Å². The van der Waals surface area contributed by atoms with Gasteiger partial charge in [0.05, 0.1) is 6.61 Å². The lowest BCUT2D eigenvalue weighted by atomic mass is 9.84. The van der Waals surface area contributed by atoms with Crippen LogP contribution in [0.4, 0.5) is 5.69 Å². The van der Waals surface area contributed by atoms with Gasteiger partial charge >= 0.3 is 0 Å². The predicted molar refractivity (Wildman–Crippen MR) is 77.9 cm³/mol. The van der Waals surface area contributed by atoms with Crippen molar-refractivity contribution in [3.05, 3.63) is 29.8 Å². The van der Waals surface area contributed by atoms with E-state index >= 15 is 0 Å². The van der Waals surface area contributed by atoms with E-state index in [4.69, 9.17) is 10.5 Å². The van der Waals surface area contributed by atoms with Crippen LogP contribution in [0.5, 0.6) is 0 Å². The number of ether oxygens (including phenoxy) is 1. The molecular formula is C15H26N2O. The van der Waals surface area contributed by atoms with Crippen LogP contribution in [0.25, 0.3) is 0 Å². The second-order valence-electron chi connectivity index (χ2n) is 5.44. The third-order valence-corrected chi connectivity index (χ3v) is 3.18. The summed E-state index contributed by atoms with van der Waals surface area (Å²) in [5.41, 5.74) is 7.98. The number of hydrogen-bond acceptors (Lipinski definition) is 3. The van der Waals surface area contributed by atoms with E-state index in [0.29, 0.717) is 0 Å². The fourth-order valence-electron chi connectivity index (χ4n) is 2.14. The Labute approximate surface area is 111 Å². The SMILES string of the molecule is CCOCCN(C)CC(C)(C)c1ccc(N)cc1. The summed E-state index contributed by atoms with van der Waals surface area (Å²) in [6, 6.07) is 8.17. The van der Waals surface area contributed by atoms with Crippen LogP contribution in [0, 0.1) is 0 Å². The Hall–Kier alpha value is -1.06. The molecule has 102 valence electrons. The lowest BCUT2D eigenvalue weighted by molar-refractivity contribution is 0.116. The number of nitrogens with zero attached hydrogens (tertiary/aromatic N) is 1. The number of nitrogens with two attached hydrogens (primary N) is 1. The zero-order chi connectivity index (χ0) is 13.6. The number of rotatable bonds is 7. The molecule has 0 aliphatic heterocycles. The summed E-state index contributed by atoms with van der Waals surface area (Å²) in [7, 11) is 2.14. The fourth-order valence-corrected chi connectivity index (χ4v) is 2.14. The number of likely N-dealkylation sites (N-methyl/N-ethyl adjacent to an activating group) is 1. The van der Waals surface area contributed by atoms with Gasteiger partial charge in [0, 0.05) is 30.8 Å². The van der Waals surface area contributed by atoms with Crippen molar-refractivity contribution >= 4 is 5.69 Å². The molecule has 0 saturated carbocycles. The van der Waals surface area contributed by atoms with Gasteiger partial charge < -0.3 is 15.4 Å². The molecule has 0 amide bonds. The van der Waals surface area contributed by atoms with Crippen LogP contribution < -0.4 is 5.73 Å². The first-order chi connectivity index (χ1) is 8.45. The number of anilines is 1. The Balaban J connectivity index is 2.55. The maximum Gasteiger partial charge on any atom is 0.0593 e. The minimum absolute atomic E-state index is 0.120. The van der Waals surface area contributed by atoms with E-state index in [1.54, 1.807) is 0 Å². The molecule has 0 spiro atoms. The van der Waals surface area contributed by atoms with Crippen LogP contribution in [-0.2, 0) is 10.2 Å². The maximum atomic E-state index is 5.73. The summed E-state index contributed by atoms with van der Waals surface area (Å²) >= 11 is 0. The van der Waals surface area contributed by atoms with Gasteiger partial charge in [-0.1, -0.05) is 26.0 Å². The largest absolute Gasteiger partial charge is 0.399 e. The third-order valence-electron chi connectivity index (χ3n) is 3.18. The van der Waals surface area contributed by atoms with Gasteiger partial charge in [-0.25, -0.2) is 0 Å². The van der Waals surface area contributed by atoms with Gasteiger partial charge in [0.2, 0.25) is 0 Å². The molecule has 0 aliphatic rings. The van der Waals surface area contributed by atoms with Crippen molar-refractivity contribution in [2.24, 2.45) is 0 Å². The summed E-state index contributed by atoms with van der Waals surface area (Å²) in [6.07, 6.45) is 0. The highest BCUT2D eigenvalue weighted by molar-refractivity contribution is 5.41. The third kappa shape index (κ3) is 4.67. The molecule has 0 unspecified atom stereocenters. The Bertz CT molecular complexity index is 346. The molecule has 0 aliphatic carbocycles. The van der Waals surface area contributed by atoms with Crippen LogP contribution in [0.15, 0.2) is 24.3 Å². The van der Waals surface area contributed by atoms with Crippen molar-refractivity contribution in [1.29, 1.82) is 0 Å². The van der Waals surface area contributed by atoms with E-state index in [2.05, 4.69) is 37.9 Å². The maximum absolute atomic E-state index is 5.73. The van der Waals surface area contributed by atoms with Gasteiger partial charge in [-0.3, -0.25) is 0 Å². The van der Waals surface area contributed by atoms with Gasteiger partial charge in [0.15, 0.2) is 0 Å². The second-order valence-corrected chi connectivity index (χ2v) is 5.44. The topological polar surface area (TPSA) is 38.5 Å². The molecule has 1 aromatic carbocycles. The highest BCUT2D eigenvalue weighted by Gasteiger charge is 2.22. The molecule has 18 heavy (non-hydrogen) atoms. The molecule has 2 N–H and O–H groups in total. The highest BCUT2D eigenvalue weighted by Crippen LogP contribution is 2.24. The van der Waals surface area contributed by atoms with E-state index in [-0.39, 0.29) is 5.41 Å². The van der Waals surface area contributed by atoms with Crippen LogP contribution in [0.1, 0.15) is 26.3 Å². The zero-order valence-electron chi connectivity index (χ0n) is 12.1. The molecule has 0 fully saturated rings. The lowest BCUT2D eigenvalue weighted by Gasteiger charge is -2.31. The van der Waals surface area contributed by atoms with Crippen molar-refractivity contribution < 1.29 is 4.74 Å². The molecule has 0 bridgehead atoms. The molecule has 3 nitrogen and oxygen atoms in total. The number of hydrogen-bond donors (Lipinski definition) is 1. The van der Waals surface area contributed by atoms with E-state index in [0.717, 1.165) is 32.0 Å². The minimum Gasteiger partial charge on any atom is -0.399 e. The van der Waals surface area contributed by atoms with Crippen molar-refractivity contribution in [3.8, 4) is 0 Å².